The number of benzene rings is 2. The number of pyridine rings is 1. The summed E-state index contributed by atoms with van der Waals surface area (Å²) in [6.07, 6.45) is 1.95. The Bertz CT molecular complexity index is 973. The molecule has 2 heterocycles. The molecule has 1 fully saturated rings. The molecule has 0 radical (unpaired) electrons. The first kappa shape index (κ1) is 20.9. The fourth-order valence-corrected chi connectivity index (χ4v) is 4.18. The number of quaternary nitrogens is 1. The standard InChI is InChI=1S/C25H28N4O2/c1-2-31-22-13-7-6-12-21(22)27-25(30)24(20-10-4-3-5-11-20)29-18-16-28(17-19-29)23-14-8-9-15-26-23/h3-15,24H,2,16-19H2,1H3,(H,27,30)/p+2/t24-/m0/s1. The maximum absolute atomic E-state index is 13.5. The van der Waals surface area contributed by atoms with Gasteiger partial charge in [-0.2, -0.15) is 0 Å². The molecule has 31 heavy (non-hydrogen) atoms. The van der Waals surface area contributed by atoms with Crippen LogP contribution in [0.15, 0.2) is 79.0 Å². The van der Waals surface area contributed by atoms with Gasteiger partial charge < -0.3 is 15.0 Å². The van der Waals surface area contributed by atoms with Crippen molar-refractivity contribution >= 4 is 17.4 Å². The second-order valence-corrected chi connectivity index (χ2v) is 7.66. The van der Waals surface area contributed by atoms with Gasteiger partial charge in [0.25, 0.3) is 11.7 Å². The van der Waals surface area contributed by atoms with Crippen molar-refractivity contribution in [3.63, 3.8) is 0 Å². The van der Waals surface area contributed by atoms with Crippen molar-refractivity contribution in [2.75, 3.05) is 43.0 Å². The minimum atomic E-state index is -0.280. The lowest BCUT2D eigenvalue weighted by Crippen LogP contribution is -3.16. The highest BCUT2D eigenvalue weighted by Gasteiger charge is 2.36. The topological polar surface area (TPSA) is 60.1 Å². The second-order valence-electron chi connectivity index (χ2n) is 7.66. The minimum absolute atomic E-state index is 0.00641. The van der Waals surface area contributed by atoms with Gasteiger partial charge in [0.1, 0.15) is 31.9 Å². The van der Waals surface area contributed by atoms with E-state index in [2.05, 4.69) is 21.3 Å². The highest BCUT2D eigenvalue weighted by atomic mass is 16.5. The number of aromatic amines is 1. The lowest BCUT2D eigenvalue weighted by atomic mass is 10.0. The predicted molar refractivity (Wildman–Crippen MR) is 121 cm³/mol. The molecule has 1 aliphatic heterocycles. The van der Waals surface area contributed by atoms with Gasteiger partial charge in [-0.05, 0) is 25.1 Å². The number of hydrogen-bond acceptors (Lipinski definition) is 3. The zero-order chi connectivity index (χ0) is 21.5. The number of anilines is 2. The molecule has 0 saturated carbocycles. The predicted octanol–water partition coefficient (Wildman–Crippen LogP) is 1.98. The van der Waals surface area contributed by atoms with E-state index in [1.807, 2.05) is 79.9 Å². The number of hydrogen-bond donors (Lipinski definition) is 2. The number of nitrogens with one attached hydrogen (secondary N) is 3. The van der Waals surface area contributed by atoms with Gasteiger partial charge >= 0.3 is 0 Å². The fourth-order valence-electron chi connectivity index (χ4n) is 4.18. The zero-order valence-electron chi connectivity index (χ0n) is 17.9. The van der Waals surface area contributed by atoms with Crippen molar-refractivity contribution in [3.8, 4) is 5.75 Å². The summed E-state index contributed by atoms with van der Waals surface area (Å²) >= 11 is 0. The van der Waals surface area contributed by atoms with E-state index in [0.29, 0.717) is 18.0 Å². The SMILES string of the molecule is CCOc1ccccc1NC(=O)[C@H](c1ccccc1)[NH+]1CCN(c2cccc[nH+]2)CC1. The molecule has 1 aromatic heterocycles. The van der Waals surface area contributed by atoms with Gasteiger partial charge in [0, 0.05) is 11.6 Å². The Balaban J connectivity index is 1.53. The lowest BCUT2D eigenvalue weighted by Gasteiger charge is -2.33. The summed E-state index contributed by atoms with van der Waals surface area (Å²) in [5.41, 5.74) is 1.75. The Labute approximate surface area is 183 Å². The number of para-hydroxylation sites is 2. The van der Waals surface area contributed by atoms with Crippen molar-refractivity contribution in [1.29, 1.82) is 0 Å². The van der Waals surface area contributed by atoms with Gasteiger partial charge in [0.05, 0.1) is 18.5 Å². The molecule has 4 rings (SSSR count). The molecule has 0 unspecified atom stereocenters. The van der Waals surface area contributed by atoms with Gasteiger partial charge in [0.15, 0.2) is 6.04 Å². The van der Waals surface area contributed by atoms with Crippen LogP contribution in [0.3, 0.4) is 0 Å². The lowest BCUT2D eigenvalue weighted by molar-refractivity contribution is -0.922. The van der Waals surface area contributed by atoms with Crippen molar-refractivity contribution in [2.24, 2.45) is 0 Å². The first-order valence-electron chi connectivity index (χ1n) is 10.9. The van der Waals surface area contributed by atoms with Crippen molar-refractivity contribution < 1.29 is 19.4 Å². The zero-order valence-corrected chi connectivity index (χ0v) is 17.9. The van der Waals surface area contributed by atoms with E-state index in [-0.39, 0.29) is 11.9 Å². The Morgan fingerprint density at radius 2 is 1.74 bits per heavy atom. The molecule has 0 aliphatic carbocycles. The Morgan fingerprint density at radius 3 is 2.45 bits per heavy atom. The molecule has 160 valence electrons. The van der Waals surface area contributed by atoms with E-state index in [4.69, 9.17) is 4.74 Å². The monoisotopic (exact) mass is 418 g/mol. The van der Waals surface area contributed by atoms with Crippen molar-refractivity contribution in [2.45, 2.75) is 13.0 Å². The Hall–Kier alpha value is -3.38. The molecular weight excluding hydrogens is 388 g/mol. The maximum atomic E-state index is 13.5. The maximum Gasteiger partial charge on any atom is 0.287 e. The third kappa shape index (κ3) is 5.03. The summed E-state index contributed by atoms with van der Waals surface area (Å²) in [6, 6.07) is 23.5. The van der Waals surface area contributed by atoms with E-state index < -0.39 is 0 Å². The summed E-state index contributed by atoms with van der Waals surface area (Å²) in [5.74, 6) is 1.81. The Kier molecular flexibility index (Phi) is 6.79. The number of carbonyl (C=O) groups excluding carboxylic acids is 1. The van der Waals surface area contributed by atoms with Crippen LogP contribution < -0.4 is 24.8 Å². The van der Waals surface area contributed by atoms with Crippen LogP contribution in [0.1, 0.15) is 18.5 Å². The number of H-pyrrole nitrogens is 1. The highest BCUT2D eigenvalue weighted by molar-refractivity contribution is 5.95. The molecule has 1 amide bonds. The summed E-state index contributed by atoms with van der Waals surface area (Å²) in [6.45, 7) is 6.04. The smallest absolute Gasteiger partial charge is 0.287 e. The van der Waals surface area contributed by atoms with Gasteiger partial charge in [-0.1, -0.05) is 48.5 Å². The van der Waals surface area contributed by atoms with Crippen LogP contribution >= 0.6 is 0 Å². The average molecular weight is 419 g/mol. The number of carbonyl (C=O) groups is 1. The third-order valence-corrected chi connectivity index (χ3v) is 5.69. The first-order chi connectivity index (χ1) is 15.3. The van der Waals surface area contributed by atoms with Gasteiger partial charge in [-0.3, -0.25) is 9.69 Å². The fraction of sp³-hybridized carbons (Fsp3) is 0.280. The summed E-state index contributed by atoms with van der Waals surface area (Å²) in [4.78, 5) is 20.4. The van der Waals surface area contributed by atoms with Gasteiger partial charge in [-0.25, -0.2) is 4.98 Å². The van der Waals surface area contributed by atoms with Crippen LogP contribution in [-0.2, 0) is 4.79 Å². The van der Waals surface area contributed by atoms with Crippen LogP contribution in [-0.4, -0.2) is 38.7 Å². The van der Waals surface area contributed by atoms with Gasteiger partial charge in [0.2, 0.25) is 0 Å². The summed E-state index contributed by atoms with van der Waals surface area (Å²) in [5, 5.41) is 3.13. The molecule has 3 N–H and O–H groups in total. The van der Waals surface area contributed by atoms with Crippen LogP contribution in [0.25, 0.3) is 0 Å². The minimum Gasteiger partial charge on any atom is -0.492 e. The quantitative estimate of drug-likeness (QED) is 0.617. The normalized spacial score (nSPS) is 15.3. The number of rotatable bonds is 7. The highest BCUT2D eigenvalue weighted by Crippen LogP contribution is 2.25. The number of nitrogens with zero attached hydrogens (tertiary/aromatic N) is 1. The molecule has 1 saturated heterocycles. The molecule has 6 nitrogen and oxygen atoms in total. The molecule has 0 spiro atoms. The van der Waals surface area contributed by atoms with Crippen LogP contribution in [0.2, 0.25) is 0 Å². The van der Waals surface area contributed by atoms with Crippen LogP contribution in [0.5, 0.6) is 5.75 Å². The van der Waals surface area contributed by atoms with E-state index in [1.165, 1.54) is 4.90 Å². The Morgan fingerprint density at radius 1 is 1.03 bits per heavy atom. The molecule has 3 aromatic rings. The first-order valence-corrected chi connectivity index (χ1v) is 10.9. The largest absolute Gasteiger partial charge is 0.492 e. The van der Waals surface area contributed by atoms with E-state index in [0.717, 1.165) is 37.6 Å². The number of amides is 1. The van der Waals surface area contributed by atoms with E-state index in [9.17, 15) is 4.79 Å². The molecular formula is C25H30N4O2+2. The number of aromatic nitrogens is 1. The van der Waals surface area contributed by atoms with E-state index in [1.54, 1.807) is 0 Å². The third-order valence-electron chi connectivity index (χ3n) is 5.69. The number of ether oxygens (including phenoxy) is 1. The van der Waals surface area contributed by atoms with Crippen LogP contribution in [0, 0.1) is 0 Å². The number of piperazine rings is 1. The van der Waals surface area contributed by atoms with Crippen LogP contribution in [0.4, 0.5) is 11.5 Å². The van der Waals surface area contributed by atoms with Crippen molar-refractivity contribution in [3.05, 3.63) is 84.6 Å². The second kappa shape index (κ2) is 10.1. The van der Waals surface area contributed by atoms with Crippen molar-refractivity contribution in [1.82, 2.24) is 0 Å². The van der Waals surface area contributed by atoms with Gasteiger partial charge in [-0.15, -0.1) is 0 Å². The molecule has 1 atom stereocenters. The molecule has 2 aromatic carbocycles. The van der Waals surface area contributed by atoms with E-state index >= 15 is 0 Å². The molecule has 0 bridgehead atoms. The average Bonchev–Trinajstić information content (AvgIpc) is 2.82. The molecule has 6 heteroatoms. The summed E-state index contributed by atoms with van der Waals surface area (Å²) in [7, 11) is 0. The molecule has 1 aliphatic rings. The summed E-state index contributed by atoms with van der Waals surface area (Å²) < 4.78 is 5.70.